The number of rotatable bonds is 5. The van der Waals surface area contributed by atoms with E-state index in [-0.39, 0.29) is 27.4 Å². The number of aromatic nitrogens is 3. The molecule has 0 aliphatic rings. The summed E-state index contributed by atoms with van der Waals surface area (Å²) in [5.41, 5.74) is 3.20. The van der Waals surface area contributed by atoms with E-state index in [1.165, 1.54) is 4.80 Å². The van der Waals surface area contributed by atoms with E-state index >= 15 is 0 Å². The first kappa shape index (κ1) is 25.1. The quantitative estimate of drug-likeness (QED) is 0.343. The van der Waals surface area contributed by atoms with Crippen LogP contribution in [0.5, 0.6) is 5.75 Å². The van der Waals surface area contributed by atoms with Crippen LogP contribution >= 0.6 is 0 Å². The molecule has 1 heterocycles. The average molecular weight is 452 g/mol. The van der Waals surface area contributed by atoms with Crippen LogP contribution in [-0.4, -0.2) is 15.0 Å². The highest BCUT2D eigenvalue weighted by Gasteiger charge is 2.35. The van der Waals surface area contributed by atoms with Gasteiger partial charge in [0, 0.05) is 5.56 Å². The Balaban J connectivity index is 2.31. The number of fused-ring (bicyclic) bond motifs is 1. The molecule has 0 fully saturated rings. The zero-order chi connectivity index (χ0) is 25.0. The number of phenolic OH excluding ortho intramolecular Hbond substituents is 1. The minimum Gasteiger partial charge on any atom is -0.692 e. The Morgan fingerprint density at radius 3 is 1.94 bits per heavy atom. The standard InChI is InChI=1S/C28H41N3O2/c1-25(2,3)17-27(7,8)19-15-20(28(9,10)18-26(4,5)6)24(32)23(16-19)30-29-21-13-11-12-14-22(21)31(30)33/h11-16,32H,17-18H2,1-10H3. The van der Waals surface area contributed by atoms with Gasteiger partial charge in [-0.05, 0) is 63.1 Å². The van der Waals surface area contributed by atoms with Gasteiger partial charge in [-0.1, -0.05) is 87.4 Å². The smallest absolute Gasteiger partial charge is 0.250 e. The topological polar surface area (TPSA) is 65.0 Å². The predicted molar refractivity (Wildman–Crippen MR) is 136 cm³/mol. The van der Waals surface area contributed by atoms with Gasteiger partial charge in [0.15, 0.2) is 11.4 Å². The monoisotopic (exact) mass is 451 g/mol. The summed E-state index contributed by atoms with van der Waals surface area (Å²) in [4.78, 5) is 2.07. The van der Waals surface area contributed by atoms with Gasteiger partial charge >= 0.3 is 0 Å². The van der Waals surface area contributed by atoms with E-state index in [2.05, 4.69) is 80.4 Å². The second kappa shape index (κ2) is 8.03. The molecule has 0 radical (unpaired) electrons. The van der Waals surface area contributed by atoms with Gasteiger partial charge in [0.1, 0.15) is 0 Å². The first-order valence-electron chi connectivity index (χ1n) is 11.9. The van der Waals surface area contributed by atoms with Crippen LogP contribution in [0.2, 0.25) is 0 Å². The lowest BCUT2D eigenvalue weighted by atomic mass is 9.68. The minimum atomic E-state index is -0.300. The van der Waals surface area contributed by atoms with Crippen LogP contribution in [0, 0.1) is 16.0 Å². The second-order valence-electron chi connectivity index (χ2n) is 13.3. The molecular formula is C28H41N3O2. The molecule has 1 aromatic heterocycles. The Morgan fingerprint density at radius 1 is 0.848 bits per heavy atom. The summed E-state index contributed by atoms with van der Waals surface area (Å²) in [6, 6.07) is 11.3. The van der Waals surface area contributed by atoms with Gasteiger partial charge in [0.25, 0.3) is 0 Å². The highest BCUT2D eigenvalue weighted by Crippen LogP contribution is 2.45. The molecule has 1 N–H and O–H groups in total. The molecule has 0 aliphatic heterocycles. The Labute approximate surface area is 199 Å². The summed E-state index contributed by atoms with van der Waals surface area (Å²) in [6.07, 6.45) is 1.84. The molecule has 3 rings (SSSR count). The molecule has 33 heavy (non-hydrogen) atoms. The number of benzene rings is 2. The number of aromatic hydroxyl groups is 1. The molecule has 0 spiro atoms. The summed E-state index contributed by atoms with van der Waals surface area (Å²) in [6.45, 7) is 22.2. The SMILES string of the molecule is CC(C)(C)CC(C)(C)c1cc(-n2nc3ccccc3[n+]2[O-])c(O)c(C(C)(C)CC(C)(C)C)c1. The second-order valence-corrected chi connectivity index (χ2v) is 13.3. The number of hydrogen-bond donors (Lipinski definition) is 1. The van der Waals surface area contributed by atoms with Crippen LogP contribution in [-0.2, 0) is 10.8 Å². The molecule has 0 amide bonds. The molecule has 180 valence electrons. The van der Waals surface area contributed by atoms with Crippen molar-refractivity contribution >= 4 is 11.0 Å². The van der Waals surface area contributed by atoms with Gasteiger partial charge in [-0.25, -0.2) is 0 Å². The van der Waals surface area contributed by atoms with Crippen molar-refractivity contribution < 1.29 is 9.95 Å². The molecule has 3 aromatic rings. The van der Waals surface area contributed by atoms with E-state index in [1.54, 1.807) is 6.07 Å². The van der Waals surface area contributed by atoms with Crippen LogP contribution in [0.1, 0.15) is 93.2 Å². The van der Waals surface area contributed by atoms with Gasteiger partial charge in [-0.2, -0.15) is 0 Å². The van der Waals surface area contributed by atoms with Crippen LogP contribution < -0.4 is 4.85 Å². The lowest BCUT2D eigenvalue weighted by Gasteiger charge is -2.37. The van der Waals surface area contributed by atoms with Crippen molar-refractivity contribution in [3.05, 3.63) is 52.7 Å². The average Bonchev–Trinajstić information content (AvgIpc) is 2.94. The maximum Gasteiger partial charge on any atom is 0.250 e. The summed E-state index contributed by atoms with van der Waals surface area (Å²) in [5.74, 6) is 0.122. The first-order chi connectivity index (χ1) is 14.9. The Hall–Kier alpha value is -2.56. The molecule has 5 heteroatoms. The molecule has 0 bridgehead atoms. The Bertz CT molecular complexity index is 1160. The highest BCUT2D eigenvalue weighted by atomic mass is 16.5. The first-order valence-corrected chi connectivity index (χ1v) is 11.9. The van der Waals surface area contributed by atoms with Gasteiger partial charge in [-0.3, -0.25) is 0 Å². The minimum absolute atomic E-state index is 0.0753. The summed E-state index contributed by atoms with van der Waals surface area (Å²) in [5, 5.41) is 29.2. The molecule has 2 aromatic carbocycles. The summed E-state index contributed by atoms with van der Waals surface area (Å²) < 4.78 is 0. The molecule has 0 saturated heterocycles. The van der Waals surface area contributed by atoms with Crippen LogP contribution in [0.3, 0.4) is 0 Å². The Morgan fingerprint density at radius 2 is 1.39 bits per heavy atom. The third kappa shape index (κ3) is 5.34. The van der Waals surface area contributed by atoms with Crippen LogP contribution in [0.15, 0.2) is 36.4 Å². The number of nitrogens with zero attached hydrogens (tertiary/aromatic N) is 3. The van der Waals surface area contributed by atoms with E-state index in [9.17, 15) is 10.3 Å². The molecular weight excluding hydrogens is 410 g/mol. The maximum atomic E-state index is 13.2. The van der Waals surface area contributed by atoms with Gasteiger partial charge in [0.05, 0.1) is 5.10 Å². The van der Waals surface area contributed by atoms with Crippen molar-refractivity contribution in [2.75, 3.05) is 0 Å². The normalized spacial score (nSPS) is 13.6. The fraction of sp³-hybridized carbons (Fsp3) is 0.571. The summed E-state index contributed by atoms with van der Waals surface area (Å²) in [7, 11) is 0. The van der Waals surface area contributed by atoms with Gasteiger partial charge in [-0.15, -0.1) is 4.85 Å². The van der Waals surface area contributed by atoms with Crippen molar-refractivity contribution in [2.24, 2.45) is 10.8 Å². The Kier molecular flexibility index (Phi) is 6.10. The molecule has 0 unspecified atom stereocenters. The van der Waals surface area contributed by atoms with E-state index in [0.717, 1.165) is 28.8 Å². The summed E-state index contributed by atoms with van der Waals surface area (Å²) >= 11 is 0. The molecule has 0 saturated carbocycles. The lowest BCUT2D eigenvalue weighted by Crippen LogP contribution is -2.38. The molecule has 0 atom stereocenters. The molecule has 5 nitrogen and oxygen atoms in total. The van der Waals surface area contributed by atoms with E-state index in [1.807, 2.05) is 24.3 Å². The zero-order valence-corrected chi connectivity index (χ0v) is 22.1. The maximum absolute atomic E-state index is 13.2. The van der Waals surface area contributed by atoms with Crippen molar-refractivity contribution in [2.45, 2.75) is 92.9 Å². The van der Waals surface area contributed by atoms with Gasteiger partial charge < -0.3 is 10.3 Å². The van der Waals surface area contributed by atoms with Crippen molar-refractivity contribution in [1.82, 2.24) is 9.90 Å². The van der Waals surface area contributed by atoms with Crippen molar-refractivity contribution in [3.8, 4) is 11.4 Å². The van der Waals surface area contributed by atoms with Gasteiger partial charge in [0.2, 0.25) is 11.0 Å². The van der Waals surface area contributed by atoms with E-state index in [4.69, 9.17) is 0 Å². The van der Waals surface area contributed by atoms with Crippen molar-refractivity contribution in [3.63, 3.8) is 0 Å². The third-order valence-corrected chi connectivity index (χ3v) is 6.22. The number of phenols is 1. The van der Waals surface area contributed by atoms with E-state index in [0.29, 0.717) is 16.7 Å². The number of hydrogen-bond acceptors (Lipinski definition) is 3. The largest absolute Gasteiger partial charge is 0.692 e. The fourth-order valence-electron chi connectivity index (χ4n) is 5.63. The third-order valence-electron chi connectivity index (χ3n) is 6.22. The molecule has 0 aliphatic carbocycles. The number of para-hydroxylation sites is 1. The lowest BCUT2D eigenvalue weighted by molar-refractivity contribution is -0.664. The zero-order valence-electron chi connectivity index (χ0n) is 22.1. The van der Waals surface area contributed by atoms with Crippen LogP contribution in [0.4, 0.5) is 0 Å². The van der Waals surface area contributed by atoms with Crippen molar-refractivity contribution in [1.29, 1.82) is 0 Å². The van der Waals surface area contributed by atoms with Crippen LogP contribution in [0.25, 0.3) is 16.7 Å². The highest BCUT2D eigenvalue weighted by molar-refractivity contribution is 5.70. The fourth-order valence-corrected chi connectivity index (χ4v) is 5.63. The predicted octanol–water partition coefficient (Wildman–Crippen LogP) is 6.79. The van der Waals surface area contributed by atoms with E-state index < -0.39 is 0 Å².